The van der Waals surface area contributed by atoms with E-state index in [0.29, 0.717) is 5.82 Å². The molecular weight excluding hydrogens is 442 g/mol. The number of thioether (sulfide) groups is 1. The zero-order chi connectivity index (χ0) is 23.9. The van der Waals surface area contributed by atoms with Crippen molar-refractivity contribution in [3.63, 3.8) is 0 Å². The smallest absolute Gasteiger partial charge is 0.319 e. The van der Waals surface area contributed by atoms with Gasteiger partial charge < -0.3 is 10.6 Å². The molecule has 4 rings (SSSR count). The molecule has 0 spiro atoms. The van der Waals surface area contributed by atoms with Crippen molar-refractivity contribution in [2.24, 2.45) is 0 Å². The van der Waals surface area contributed by atoms with Crippen molar-refractivity contribution in [3.8, 4) is 5.69 Å². The number of nitrogens with zero attached hydrogens (tertiary/aromatic N) is 3. The van der Waals surface area contributed by atoms with Crippen molar-refractivity contribution in [3.05, 3.63) is 101 Å². The van der Waals surface area contributed by atoms with Gasteiger partial charge in [-0.3, -0.25) is 4.57 Å². The van der Waals surface area contributed by atoms with Gasteiger partial charge in [0.1, 0.15) is 0 Å². The van der Waals surface area contributed by atoms with E-state index in [0.717, 1.165) is 28.7 Å². The fourth-order valence-electron chi connectivity index (χ4n) is 3.61. The Hall–Kier alpha value is -3.58. The quantitative estimate of drug-likeness (QED) is 0.295. The first-order chi connectivity index (χ1) is 16.5. The number of rotatable bonds is 8. The van der Waals surface area contributed by atoms with Gasteiger partial charge >= 0.3 is 6.03 Å². The number of anilines is 1. The van der Waals surface area contributed by atoms with E-state index in [1.54, 1.807) is 11.8 Å². The number of carbonyl (C=O) groups excluding carboxylic acids is 1. The second-order valence-electron chi connectivity index (χ2n) is 8.16. The summed E-state index contributed by atoms with van der Waals surface area (Å²) in [6.07, 6.45) is 0.913. The monoisotopic (exact) mass is 471 g/mol. The molecule has 0 bridgehead atoms. The number of aryl methyl sites for hydroxylation is 2. The molecule has 0 fully saturated rings. The first kappa shape index (κ1) is 23.6. The molecule has 0 saturated heterocycles. The summed E-state index contributed by atoms with van der Waals surface area (Å²) in [4.78, 5) is 12.7. The van der Waals surface area contributed by atoms with Crippen LogP contribution in [0.25, 0.3) is 5.69 Å². The number of urea groups is 1. The van der Waals surface area contributed by atoms with E-state index in [9.17, 15) is 4.79 Å². The van der Waals surface area contributed by atoms with Crippen LogP contribution in [-0.2, 0) is 12.2 Å². The number of hydrogen-bond acceptors (Lipinski definition) is 4. The van der Waals surface area contributed by atoms with Crippen LogP contribution in [0.2, 0.25) is 0 Å². The molecule has 4 aromatic rings. The van der Waals surface area contributed by atoms with E-state index in [2.05, 4.69) is 71.1 Å². The second kappa shape index (κ2) is 11.0. The SMILES string of the molecule is CCc1cccc(NC(=O)NC(C)c2nnc(SCc3ccccc3)n2-c2ccc(C)cc2)c1. The predicted molar refractivity (Wildman–Crippen MR) is 138 cm³/mol. The maximum Gasteiger partial charge on any atom is 0.319 e. The number of benzene rings is 3. The second-order valence-corrected chi connectivity index (χ2v) is 9.10. The number of carbonyl (C=O) groups is 1. The highest BCUT2D eigenvalue weighted by Gasteiger charge is 2.21. The van der Waals surface area contributed by atoms with Gasteiger partial charge in [0.25, 0.3) is 0 Å². The number of nitrogens with one attached hydrogen (secondary N) is 2. The minimum Gasteiger partial charge on any atom is -0.328 e. The van der Waals surface area contributed by atoms with E-state index in [4.69, 9.17) is 0 Å². The van der Waals surface area contributed by atoms with Crippen LogP contribution in [-0.4, -0.2) is 20.8 Å². The molecule has 1 unspecified atom stereocenters. The van der Waals surface area contributed by atoms with Crippen molar-refractivity contribution in [2.45, 2.75) is 44.1 Å². The Morgan fingerprint density at radius 3 is 2.44 bits per heavy atom. The molecule has 1 atom stereocenters. The molecule has 1 aromatic heterocycles. The summed E-state index contributed by atoms with van der Waals surface area (Å²) in [5.74, 6) is 1.46. The van der Waals surface area contributed by atoms with Crippen molar-refractivity contribution in [1.29, 1.82) is 0 Å². The molecule has 174 valence electrons. The van der Waals surface area contributed by atoms with Crippen molar-refractivity contribution in [2.75, 3.05) is 5.32 Å². The predicted octanol–water partition coefficient (Wildman–Crippen LogP) is 6.31. The molecule has 2 N–H and O–H groups in total. The third-order valence-electron chi connectivity index (χ3n) is 5.49. The number of aromatic nitrogens is 3. The van der Waals surface area contributed by atoms with Crippen molar-refractivity contribution >= 4 is 23.5 Å². The molecule has 7 heteroatoms. The highest BCUT2D eigenvalue weighted by atomic mass is 32.2. The summed E-state index contributed by atoms with van der Waals surface area (Å²) in [5, 5.41) is 15.7. The molecule has 3 aromatic carbocycles. The van der Waals surface area contributed by atoms with Crippen LogP contribution in [0.5, 0.6) is 0 Å². The van der Waals surface area contributed by atoms with Crippen LogP contribution in [0.3, 0.4) is 0 Å². The highest BCUT2D eigenvalue weighted by molar-refractivity contribution is 7.98. The molecule has 0 aliphatic carbocycles. The van der Waals surface area contributed by atoms with Crippen LogP contribution in [0.4, 0.5) is 10.5 Å². The largest absolute Gasteiger partial charge is 0.328 e. The maximum atomic E-state index is 12.7. The molecule has 0 aliphatic heterocycles. The molecule has 0 aliphatic rings. The lowest BCUT2D eigenvalue weighted by atomic mass is 10.1. The van der Waals surface area contributed by atoms with Gasteiger partial charge in [0.15, 0.2) is 11.0 Å². The normalized spacial score (nSPS) is 11.7. The fourth-order valence-corrected chi connectivity index (χ4v) is 4.53. The summed E-state index contributed by atoms with van der Waals surface area (Å²) in [7, 11) is 0. The van der Waals surface area contributed by atoms with E-state index < -0.39 is 0 Å². The van der Waals surface area contributed by atoms with Crippen LogP contribution < -0.4 is 10.6 Å². The molecule has 34 heavy (non-hydrogen) atoms. The van der Waals surface area contributed by atoms with Gasteiger partial charge in [-0.05, 0) is 55.7 Å². The molecule has 1 heterocycles. The standard InChI is InChI=1S/C27H29N5OS/c1-4-21-11-8-12-23(17-21)29-26(33)28-20(3)25-30-31-27(34-18-22-9-6-5-7-10-22)32(25)24-15-13-19(2)14-16-24/h5-17,20H,4,18H2,1-3H3,(H2,28,29,33). The number of hydrogen-bond donors (Lipinski definition) is 2. The lowest BCUT2D eigenvalue weighted by molar-refractivity contribution is 0.249. The summed E-state index contributed by atoms with van der Waals surface area (Å²) in [6, 6.07) is 25.7. The van der Waals surface area contributed by atoms with Gasteiger partial charge in [0.05, 0.1) is 6.04 Å². The Kier molecular flexibility index (Phi) is 7.65. The van der Waals surface area contributed by atoms with Crippen LogP contribution >= 0.6 is 11.8 Å². The first-order valence-corrected chi connectivity index (χ1v) is 12.4. The summed E-state index contributed by atoms with van der Waals surface area (Å²) in [5.41, 5.74) is 5.29. The van der Waals surface area contributed by atoms with Gasteiger partial charge in [0.2, 0.25) is 0 Å². The van der Waals surface area contributed by atoms with Gasteiger partial charge in [-0.2, -0.15) is 0 Å². The lowest BCUT2D eigenvalue weighted by Crippen LogP contribution is -2.32. The fraction of sp³-hybridized carbons (Fsp3) is 0.222. The molecular formula is C27H29N5OS. The molecule has 0 radical (unpaired) electrons. The van der Waals surface area contributed by atoms with Crippen molar-refractivity contribution < 1.29 is 4.79 Å². The van der Waals surface area contributed by atoms with E-state index in [1.807, 2.05) is 54.0 Å². The van der Waals surface area contributed by atoms with E-state index in [1.165, 1.54) is 16.7 Å². The first-order valence-electron chi connectivity index (χ1n) is 11.4. The van der Waals surface area contributed by atoms with E-state index >= 15 is 0 Å². The van der Waals surface area contributed by atoms with Gasteiger partial charge in [-0.1, -0.05) is 78.8 Å². The zero-order valence-electron chi connectivity index (χ0n) is 19.7. The Bertz CT molecular complexity index is 1240. The molecule has 0 saturated carbocycles. The summed E-state index contributed by atoms with van der Waals surface area (Å²) in [6.45, 7) is 6.07. The topological polar surface area (TPSA) is 71.8 Å². The molecule has 6 nitrogen and oxygen atoms in total. The van der Waals surface area contributed by atoms with Crippen molar-refractivity contribution in [1.82, 2.24) is 20.1 Å². The lowest BCUT2D eigenvalue weighted by Gasteiger charge is -2.17. The third-order valence-corrected chi connectivity index (χ3v) is 6.49. The van der Waals surface area contributed by atoms with Gasteiger partial charge in [-0.25, -0.2) is 4.79 Å². The van der Waals surface area contributed by atoms with Crippen LogP contribution in [0.15, 0.2) is 84.0 Å². The summed E-state index contributed by atoms with van der Waals surface area (Å²) >= 11 is 1.62. The zero-order valence-corrected chi connectivity index (χ0v) is 20.5. The highest BCUT2D eigenvalue weighted by Crippen LogP contribution is 2.28. The number of amides is 2. The van der Waals surface area contributed by atoms with Gasteiger partial charge in [-0.15, -0.1) is 10.2 Å². The van der Waals surface area contributed by atoms with E-state index in [-0.39, 0.29) is 12.1 Å². The Morgan fingerprint density at radius 1 is 0.971 bits per heavy atom. The maximum absolute atomic E-state index is 12.7. The minimum absolute atomic E-state index is 0.280. The van der Waals surface area contributed by atoms with Crippen LogP contribution in [0, 0.1) is 6.92 Å². The average molecular weight is 472 g/mol. The Labute approximate surface area is 204 Å². The summed E-state index contributed by atoms with van der Waals surface area (Å²) < 4.78 is 2.02. The third kappa shape index (κ3) is 5.85. The Morgan fingerprint density at radius 2 is 1.71 bits per heavy atom. The van der Waals surface area contributed by atoms with Crippen LogP contribution in [0.1, 0.15) is 42.4 Å². The minimum atomic E-state index is -0.353. The molecule has 2 amide bonds. The van der Waals surface area contributed by atoms with Gasteiger partial charge in [0, 0.05) is 17.1 Å². The average Bonchev–Trinajstić information content (AvgIpc) is 3.28. The Balaban J connectivity index is 1.55.